The third-order valence-corrected chi connectivity index (χ3v) is 6.32. The third kappa shape index (κ3) is 4.17. The van der Waals surface area contributed by atoms with Gasteiger partial charge in [0.1, 0.15) is 24.4 Å². The first-order chi connectivity index (χ1) is 16.4. The van der Waals surface area contributed by atoms with Crippen LogP contribution in [0.25, 0.3) is 33.4 Å². The summed E-state index contributed by atoms with van der Waals surface area (Å²) in [5, 5.41) is 16.1. The molecule has 2 aliphatic rings. The SMILES string of the molecule is CCN(c1ccc2c(-c3ccccc3C(=O)O)c3ccc(=[N+](CC)CC)cc-3oc2c1)N(C)C. The van der Waals surface area contributed by atoms with Gasteiger partial charge in [-0.2, -0.15) is 0 Å². The van der Waals surface area contributed by atoms with E-state index in [1.54, 1.807) is 12.1 Å². The summed E-state index contributed by atoms with van der Waals surface area (Å²) in [6.07, 6.45) is 0. The Labute approximate surface area is 200 Å². The summed E-state index contributed by atoms with van der Waals surface area (Å²) in [5.74, 6) is -0.212. The van der Waals surface area contributed by atoms with Crippen molar-refractivity contribution in [3.63, 3.8) is 0 Å². The normalized spacial score (nSPS) is 11.4. The van der Waals surface area contributed by atoms with Gasteiger partial charge in [-0.25, -0.2) is 14.4 Å². The summed E-state index contributed by atoms with van der Waals surface area (Å²) >= 11 is 0. The molecule has 0 bridgehead atoms. The van der Waals surface area contributed by atoms with Crippen LogP contribution in [0.15, 0.2) is 65.1 Å². The topological polar surface area (TPSA) is 59.9 Å². The molecule has 2 aromatic carbocycles. The molecule has 6 heteroatoms. The number of benzene rings is 3. The molecule has 2 aromatic rings. The second-order valence-electron chi connectivity index (χ2n) is 8.42. The third-order valence-electron chi connectivity index (χ3n) is 6.32. The average molecular weight is 459 g/mol. The second kappa shape index (κ2) is 9.69. The molecule has 0 aromatic heterocycles. The Kier molecular flexibility index (Phi) is 6.70. The lowest BCUT2D eigenvalue weighted by molar-refractivity contribution is 0.0697. The van der Waals surface area contributed by atoms with E-state index < -0.39 is 5.97 Å². The molecular weight excluding hydrogens is 426 g/mol. The molecular formula is C28H32N3O3+. The van der Waals surface area contributed by atoms with Crippen LogP contribution in [0, 0.1) is 0 Å². The minimum Gasteiger partial charge on any atom is -0.478 e. The van der Waals surface area contributed by atoms with Gasteiger partial charge in [0.05, 0.1) is 17.3 Å². The van der Waals surface area contributed by atoms with Crippen LogP contribution in [0.3, 0.4) is 0 Å². The van der Waals surface area contributed by atoms with Gasteiger partial charge in [0.15, 0.2) is 0 Å². The monoisotopic (exact) mass is 458 g/mol. The van der Waals surface area contributed by atoms with Crippen molar-refractivity contribution in [3.8, 4) is 22.5 Å². The first-order valence-electron chi connectivity index (χ1n) is 11.8. The van der Waals surface area contributed by atoms with Gasteiger partial charge in [0.25, 0.3) is 0 Å². The lowest BCUT2D eigenvalue weighted by Crippen LogP contribution is -2.36. The largest absolute Gasteiger partial charge is 0.478 e. The maximum absolute atomic E-state index is 12.1. The minimum atomic E-state index is -0.946. The molecule has 0 spiro atoms. The molecule has 34 heavy (non-hydrogen) atoms. The molecule has 176 valence electrons. The highest BCUT2D eigenvalue weighted by molar-refractivity contribution is 6.07. The predicted octanol–water partition coefficient (Wildman–Crippen LogP) is 5.02. The molecule has 0 fully saturated rings. The molecule has 0 saturated carbocycles. The molecule has 0 unspecified atom stereocenters. The first-order valence-corrected chi connectivity index (χ1v) is 11.8. The van der Waals surface area contributed by atoms with Crippen LogP contribution >= 0.6 is 0 Å². The highest BCUT2D eigenvalue weighted by Gasteiger charge is 2.22. The maximum Gasteiger partial charge on any atom is 0.336 e. The maximum atomic E-state index is 12.1. The van der Waals surface area contributed by atoms with Crippen molar-refractivity contribution in [1.82, 2.24) is 9.58 Å². The molecule has 0 atom stereocenters. The van der Waals surface area contributed by atoms with E-state index in [0.717, 1.165) is 58.5 Å². The van der Waals surface area contributed by atoms with Crippen molar-refractivity contribution in [3.05, 3.63) is 71.6 Å². The highest BCUT2D eigenvalue weighted by atomic mass is 16.4. The summed E-state index contributed by atoms with van der Waals surface area (Å²) in [6.45, 7) is 8.96. The molecule has 0 amide bonds. The summed E-state index contributed by atoms with van der Waals surface area (Å²) < 4.78 is 8.75. The fraction of sp³-hybridized carbons (Fsp3) is 0.286. The number of carbonyl (C=O) groups is 1. The van der Waals surface area contributed by atoms with E-state index in [1.165, 1.54) is 0 Å². The van der Waals surface area contributed by atoms with Gasteiger partial charge in [-0.1, -0.05) is 18.2 Å². The second-order valence-corrected chi connectivity index (χ2v) is 8.42. The van der Waals surface area contributed by atoms with E-state index in [0.29, 0.717) is 5.56 Å². The summed E-state index contributed by atoms with van der Waals surface area (Å²) in [5.41, 5.74) is 4.46. The first kappa shape index (κ1) is 23.5. The van der Waals surface area contributed by atoms with Crippen molar-refractivity contribution in [2.24, 2.45) is 0 Å². The fourth-order valence-electron chi connectivity index (χ4n) is 4.69. The van der Waals surface area contributed by atoms with Gasteiger partial charge in [-0.15, -0.1) is 0 Å². The Morgan fingerprint density at radius 2 is 1.68 bits per heavy atom. The summed E-state index contributed by atoms with van der Waals surface area (Å²) in [4.78, 5) is 12.1. The average Bonchev–Trinajstić information content (AvgIpc) is 2.83. The Hall–Kier alpha value is -3.64. The van der Waals surface area contributed by atoms with E-state index >= 15 is 0 Å². The zero-order valence-electron chi connectivity index (χ0n) is 20.5. The van der Waals surface area contributed by atoms with Crippen LogP contribution in [0.1, 0.15) is 31.1 Å². The van der Waals surface area contributed by atoms with Gasteiger partial charge in [0, 0.05) is 49.3 Å². The van der Waals surface area contributed by atoms with Crippen molar-refractivity contribution in [2.75, 3.05) is 38.7 Å². The summed E-state index contributed by atoms with van der Waals surface area (Å²) in [6, 6.07) is 19.5. The molecule has 0 saturated heterocycles. The predicted molar refractivity (Wildman–Crippen MR) is 138 cm³/mol. The lowest BCUT2D eigenvalue weighted by atomic mass is 9.90. The number of hydrogen-bond acceptors (Lipinski definition) is 4. The van der Waals surface area contributed by atoms with Crippen molar-refractivity contribution in [2.45, 2.75) is 20.8 Å². The van der Waals surface area contributed by atoms with Crippen LogP contribution in [-0.4, -0.2) is 49.8 Å². The van der Waals surface area contributed by atoms with Gasteiger partial charge >= 0.3 is 5.97 Å². The molecule has 4 rings (SSSR count). The quantitative estimate of drug-likeness (QED) is 0.239. The van der Waals surface area contributed by atoms with Gasteiger partial charge < -0.3 is 14.5 Å². The van der Waals surface area contributed by atoms with Crippen molar-refractivity contribution >= 4 is 22.6 Å². The fourth-order valence-corrected chi connectivity index (χ4v) is 4.69. The van der Waals surface area contributed by atoms with E-state index in [4.69, 9.17) is 4.42 Å². The van der Waals surface area contributed by atoms with Crippen LogP contribution in [-0.2, 0) is 0 Å². The number of anilines is 1. The smallest absolute Gasteiger partial charge is 0.336 e. The van der Waals surface area contributed by atoms with Gasteiger partial charge in [-0.05, 0) is 50.6 Å². The van der Waals surface area contributed by atoms with E-state index in [1.807, 2.05) is 49.4 Å². The van der Waals surface area contributed by atoms with Crippen LogP contribution in [0.5, 0.6) is 0 Å². The van der Waals surface area contributed by atoms with Crippen LogP contribution in [0.2, 0.25) is 0 Å². The molecule has 1 N–H and O–H groups in total. The molecule has 1 aliphatic heterocycles. The zero-order chi connectivity index (χ0) is 24.4. The van der Waals surface area contributed by atoms with E-state index in [-0.39, 0.29) is 5.56 Å². The highest BCUT2D eigenvalue weighted by Crippen LogP contribution is 2.42. The molecule has 0 radical (unpaired) electrons. The van der Waals surface area contributed by atoms with Gasteiger partial charge in [0.2, 0.25) is 5.36 Å². The van der Waals surface area contributed by atoms with Crippen LogP contribution in [0.4, 0.5) is 5.69 Å². The summed E-state index contributed by atoms with van der Waals surface area (Å²) in [7, 11) is 4.02. The molecule has 1 aliphatic carbocycles. The molecule has 1 heterocycles. The Morgan fingerprint density at radius 1 is 0.941 bits per heavy atom. The minimum absolute atomic E-state index is 0.275. The number of fused-ring (bicyclic) bond motifs is 2. The Bertz CT molecular complexity index is 1380. The number of carboxylic acids is 1. The van der Waals surface area contributed by atoms with Gasteiger partial charge in [-0.3, -0.25) is 0 Å². The number of carboxylic acid groups (broad SMARTS) is 1. The zero-order valence-corrected chi connectivity index (χ0v) is 20.5. The molecule has 6 nitrogen and oxygen atoms in total. The number of nitrogens with zero attached hydrogens (tertiary/aromatic N) is 3. The number of hydrazine groups is 1. The Balaban J connectivity index is 2.13. The number of rotatable bonds is 7. The van der Waals surface area contributed by atoms with E-state index in [2.05, 4.69) is 48.6 Å². The van der Waals surface area contributed by atoms with Crippen molar-refractivity contribution < 1.29 is 14.3 Å². The van der Waals surface area contributed by atoms with Crippen LogP contribution < -0.4 is 14.9 Å². The van der Waals surface area contributed by atoms with Crippen molar-refractivity contribution in [1.29, 1.82) is 0 Å². The Morgan fingerprint density at radius 3 is 2.32 bits per heavy atom. The lowest BCUT2D eigenvalue weighted by Gasteiger charge is -2.30. The standard InChI is InChI=1S/C28H31N3O3/c1-6-30(7-2)19-13-15-23-25(17-19)34-26-18-20(31(8-3)29(4)5)14-16-24(26)27(23)21-11-9-10-12-22(21)28(32)33/h9-18H,6-8H2,1-5H3/p+1. The number of hydrogen-bond donors (Lipinski definition) is 1. The van der Waals surface area contributed by atoms with E-state index in [9.17, 15) is 9.90 Å². The number of aromatic carboxylic acids is 1.